The molecule has 0 atom stereocenters. The van der Waals surface area contributed by atoms with Crippen LogP contribution in [0.5, 0.6) is 0 Å². The lowest BCUT2D eigenvalue weighted by Crippen LogP contribution is -1.97. The van der Waals surface area contributed by atoms with E-state index in [1.807, 2.05) is 18.2 Å². The van der Waals surface area contributed by atoms with E-state index in [9.17, 15) is 10.5 Å². The summed E-state index contributed by atoms with van der Waals surface area (Å²) in [6.45, 7) is 4.25. The summed E-state index contributed by atoms with van der Waals surface area (Å²) in [6, 6.07) is 12.2. The van der Waals surface area contributed by atoms with Crippen molar-refractivity contribution in [1.82, 2.24) is 9.97 Å². The summed E-state index contributed by atoms with van der Waals surface area (Å²) in [5.41, 5.74) is 6.08. The lowest BCUT2D eigenvalue weighted by molar-refractivity contribution is 1.15. The van der Waals surface area contributed by atoms with Gasteiger partial charge in [-0.15, -0.1) is 0 Å². The minimum atomic E-state index is 0.0866. The van der Waals surface area contributed by atoms with Crippen molar-refractivity contribution in [2.24, 2.45) is 0 Å². The smallest absolute Gasteiger partial charge is 0.177 e. The summed E-state index contributed by atoms with van der Waals surface area (Å²) in [5.74, 6) is 0. The van der Waals surface area contributed by atoms with E-state index in [1.165, 1.54) is 16.5 Å². The Morgan fingerprint density at radius 2 is 1.43 bits per heavy atom. The maximum Gasteiger partial charge on any atom is 0.177 e. The van der Waals surface area contributed by atoms with Crippen LogP contribution >= 0.6 is 0 Å². The molecule has 0 bridgehead atoms. The maximum atomic E-state index is 9.21. The second-order valence-electron chi connectivity index (χ2n) is 5.65. The molecule has 0 N–H and O–H groups in total. The third-order valence-corrected chi connectivity index (χ3v) is 4.45. The van der Waals surface area contributed by atoms with Crippen LogP contribution in [-0.2, 0) is 6.42 Å². The Labute approximate surface area is 133 Å². The van der Waals surface area contributed by atoms with Crippen molar-refractivity contribution in [2.75, 3.05) is 0 Å². The molecule has 1 aliphatic rings. The van der Waals surface area contributed by atoms with E-state index in [0.717, 1.165) is 22.9 Å². The monoisotopic (exact) mass is 296 g/mol. The highest BCUT2D eigenvalue weighted by atomic mass is 14.9. The van der Waals surface area contributed by atoms with E-state index in [-0.39, 0.29) is 11.4 Å². The van der Waals surface area contributed by atoms with Crippen LogP contribution in [-0.4, -0.2) is 9.97 Å². The summed E-state index contributed by atoms with van der Waals surface area (Å²) in [6.07, 6.45) is 0.950. The molecule has 4 rings (SSSR count). The highest BCUT2D eigenvalue weighted by Crippen LogP contribution is 2.47. The molecule has 4 nitrogen and oxygen atoms in total. The molecule has 1 aliphatic carbocycles. The molecule has 0 spiro atoms. The van der Waals surface area contributed by atoms with Crippen LogP contribution in [0.25, 0.3) is 33.3 Å². The number of nitrogens with zero attached hydrogens (tertiary/aromatic N) is 4. The van der Waals surface area contributed by atoms with Crippen LogP contribution in [0.2, 0.25) is 0 Å². The van der Waals surface area contributed by atoms with Gasteiger partial charge in [0.15, 0.2) is 11.4 Å². The average molecular weight is 296 g/mol. The van der Waals surface area contributed by atoms with E-state index in [4.69, 9.17) is 0 Å². The molecule has 108 valence electrons. The highest BCUT2D eigenvalue weighted by molar-refractivity contribution is 6.15. The molecular formula is C19H12N4. The zero-order valence-electron chi connectivity index (χ0n) is 12.8. The van der Waals surface area contributed by atoms with Crippen LogP contribution in [0.1, 0.15) is 29.4 Å². The predicted molar refractivity (Wildman–Crippen MR) is 87.5 cm³/mol. The lowest BCUT2D eigenvalue weighted by Gasteiger charge is -2.09. The van der Waals surface area contributed by atoms with E-state index in [0.29, 0.717) is 11.4 Å². The number of fused-ring (bicyclic) bond motifs is 3. The van der Waals surface area contributed by atoms with Crippen molar-refractivity contribution in [3.05, 3.63) is 46.8 Å². The number of benzene rings is 2. The molecule has 0 saturated carbocycles. The Bertz CT molecular complexity index is 1030. The van der Waals surface area contributed by atoms with E-state index in [2.05, 4.69) is 42.0 Å². The largest absolute Gasteiger partial charge is 0.232 e. The van der Waals surface area contributed by atoms with Crippen molar-refractivity contribution in [3.63, 3.8) is 0 Å². The molecule has 0 aliphatic heterocycles. The molecule has 0 amide bonds. The topological polar surface area (TPSA) is 73.4 Å². The number of hydrogen-bond acceptors (Lipinski definition) is 4. The van der Waals surface area contributed by atoms with Crippen LogP contribution in [0, 0.1) is 29.6 Å². The predicted octanol–water partition coefficient (Wildman–Crippen LogP) is 3.89. The first-order valence-corrected chi connectivity index (χ1v) is 7.47. The summed E-state index contributed by atoms with van der Waals surface area (Å²) >= 11 is 0. The van der Waals surface area contributed by atoms with Gasteiger partial charge >= 0.3 is 0 Å². The second-order valence-corrected chi connectivity index (χ2v) is 5.65. The molecule has 0 saturated heterocycles. The van der Waals surface area contributed by atoms with Crippen LogP contribution in [0.15, 0.2) is 24.3 Å². The summed E-state index contributed by atoms with van der Waals surface area (Å²) in [5, 5.41) is 20.8. The standard InChI is InChI=1S/C19H12N4/c1-3-11-5-7-13-17-12(6-4-10(2)16(11)17)18-19(13)23-15(9-21)14(8-20)22-18/h4-7H,3H2,1-2H3. The zero-order valence-corrected chi connectivity index (χ0v) is 12.8. The first kappa shape index (κ1) is 13.4. The Morgan fingerprint density at radius 1 is 0.870 bits per heavy atom. The number of nitriles is 2. The van der Waals surface area contributed by atoms with Gasteiger partial charge < -0.3 is 0 Å². The first-order chi connectivity index (χ1) is 11.2. The average Bonchev–Trinajstić information content (AvgIpc) is 2.90. The van der Waals surface area contributed by atoms with E-state index < -0.39 is 0 Å². The fraction of sp³-hybridized carbons (Fsp3) is 0.158. The van der Waals surface area contributed by atoms with Gasteiger partial charge in [0.05, 0.1) is 11.4 Å². The van der Waals surface area contributed by atoms with Gasteiger partial charge in [-0.2, -0.15) is 10.5 Å². The highest BCUT2D eigenvalue weighted by Gasteiger charge is 2.27. The van der Waals surface area contributed by atoms with E-state index in [1.54, 1.807) is 0 Å². The summed E-state index contributed by atoms with van der Waals surface area (Å²) < 4.78 is 0. The fourth-order valence-electron chi connectivity index (χ4n) is 3.41. The molecule has 0 fully saturated rings. The fourth-order valence-corrected chi connectivity index (χ4v) is 3.41. The van der Waals surface area contributed by atoms with Gasteiger partial charge in [0.25, 0.3) is 0 Å². The van der Waals surface area contributed by atoms with Gasteiger partial charge in [0.2, 0.25) is 0 Å². The van der Waals surface area contributed by atoms with Crippen LogP contribution in [0.3, 0.4) is 0 Å². The van der Waals surface area contributed by atoms with E-state index >= 15 is 0 Å². The molecule has 0 unspecified atom stereocenters. The first-order valence-electron chi connectivity index (χ1n) is 7.47. The molecule has 0 radical (unpaired) electrons. The second kappa shape index (κ2) is 4.63. The Morgan fingerprint density at radius 3 is 1.96 bits per heavy atom. The normalized spacial score (nSPS) is 11.1. The number of aromatic nitrogens is 2. The van der Waals surface area contributed by atoms with Gasteiger partial charge in [-0.1, -0.05) is 31.2 Å². The SMILES string of the molecule is CCc1ccc2c3c(ccc(C)c13)-c1nc(C#N)c(C#N)nc1-2. The molecule has 4 heteroatoms. The minimum Gasteiger partial charge on any atom is -0.232 e. The van der Waals surface area contributed by atoms with Gasteiger partial charge in [0, 0.05) is 16.5 Å². The zero-order chi connectivity index (χ0) is 16.1. The summed E-state index contributed by atoms with van der Waals surface area (Å²) in [7, 11) is 0. The molecular weight excluding hydrogens is 284 g/mol. The van der Waals surface area contributed by atoms with Crippen LogP contribution < -0.4 is 0 Å². The summed E-state index contributed by atoms with van der Waals surface area (Å²) in [4.78, 5) is 8.84. The molecule has 1 aromatic heterocycles. The van der Waals surface area contributed by atoms with Gasteiger partial charge in [-0.3, -0.25) is 0 Å². The molecule has 3 aromatic rings. The van der Waals surface area contributed by atoms with Crippen molar-refractivity contribution in [1.29, 1.82) is 10.5 Å². The third-order valence-electron chi connectivity index (χ3n) is 4.45. The number of hydrogen-bond donors (Lipinski definition) is 0. The molecule has 1 heterocycles. The third kappa shape index (κ3) is 1.64. The quantitative estimate of drug-likeness (QED) is 0.534. The van der Waals surface area contributed by atoms with Crippen molar-refractivity contribution in [3.8, 4) is 34.7 Å². The Hall–Kier alpha value is -3.24. The Kier molecular flexibility index (Phi) is 2.70. The lowest BCUT2D eigenvalue weighted by atomic mass is 9.94. The van der Waals surface area contributed by atoms with Gasteiger partial charge in [0.1, 0.15) is 12.1 Å². The molecule has 2 aromatic carbocycles. The van der Waals surface area contributed by atoms with Crippen molar-refractivity contribution >= 4 is 10.8 Å². The van der Waals surface area contributed by atoms with Gasteiger partial charge in [-0.25, -0.2) is 9.97 Å². The number of rotatable bonds is 1. The van der Waals surface area contributed by atoms with Crippen molar-refractivity contribution < 1.29 is 0 Å². The number of aryl methyl sites for hydroxylation is 2. The van der Waals surface area contributed by atoms with Crippen molar-refractivity contribution in [2.45, 2.75) is 20.3 Å². The Balaban J connectivity index is 2.19. The maximum absolute atomic E-state index is 9.21. The minimum absolute atomic E-state index is 0.0866. The molecule has 23 heavy (non-hydrogen) atoms. The van der Waals surface area contributed by atoms with Gasteiger partial charge in [-0.05, 0) is 29.9 Å². The van der Waals surface area contributed by atoms with Crippen LogP contribution in [0.4, 0.5) is 0 Å².